The number of nitrogens with zero attached hydrogens (tertiary/aromatic N) is 1. The molecular formula is C15H20INO3. The third-order valence-corrected chi connectivity index (χ3v) is 4.70. The number of piperidine rings is 1. The van der Waals surface area contributed by atoms with Crippen molar-refractivity contribution >= 4 is 28.6 Å². The van der Waals surface area contributed by atoms with Crippen molar-refractivity contribution in [1.29, 1.82) is 0 Å². The lowest BCUT2D eigenvalue weighted by Gasteiger charge is -2.32. The Labute approximate surface area is 133 Å². The molecule has 1 atom stereocenters. The zero-order valence-electron chi connectivity index (χ0n) is 11.6. The molecule has 0 amide bonds. The molecule has 0 bridgehead atoms. The van der Waals surface area contributed by atoms with Gasteiger partial charge in [0.25, 0.3) is 0 Å². The smallest absolute Gasteiger partial charge is 0.335 e. The Morgan fingerprint density at radius 1 is 1.50 bits per heavy atom. The van der Waals surface area contributed by atoms with E-state index < -0.39 is 5.97 Å². The minimum Gasteiger partial charge on any atom is -0.492 e. The van der Waals surface area contributed by atoms with Crippen molar-refractivity contribution in [3.8, 4) is 5.75 Å². The summed E-state index contributed by atoms with van der Waals surface area (Å²) in [6, 6.07) is 5.58. The number of carbonyl (C=O) groups is 1. The lowest BCUT2D eigenvalue weighted by molar-refractivity contribution is 0.0696. The number of aromatic carboxylic acids is 1. The van der Waals surface area contributed by atoms with Crippen molar-refractivity contribution in [1.82, 2.24) is 4.90 Å². The van der Waals surface area contributed by atoms with Crippen LogP contribution in [0.25, 0.3) is 0 Å². The van der Waals surface area contributed by atoms with Gasteiger partial charge in [-0.05, 0) is 73.6 Å². The summed E-state index contributed by atoms with van der Waals surface area (Å²) < 4.78 is 6.73. The van der Waals surface area contributed by atoms with E-state index in [1.807, 2.05) is 0 Å². The van der Waals surface area contributed by atoms with Gasteiger partial charge in [0, 0.05) is 6.04 Å². The van der Waals surface area contributed by atoms with Crippen LogP contribution in [0.1, 0.15) is 36.0 Å². The van der Waals surface area contributed by atoms with E-state index in [2.05, 4.69) is 34.5 Å². The van der Waals surface area contributed by atoms with Crippen LogP contribution in [-0.4, -0.2) is 42.2 Å². The highest BCUT2D eigenvalue weighted by atomic mass is 127. The monoisotopic (exact) mass is 389 g/mol. The first kappa shape index (κ1) is 15.6. The van der Waals surface area contributed by atoms with Gasteiger partial charge in [0.2, 0.25) is 0 Å². The van der Waals surface area contributed by atoms with E-state index in [9.17, 15) is 4.79 Å². The van der Waals surface area contributed by atoms with Crippen LogP contribution in [0.4, 0.5) is 0 Å². The van der Waals surface area contributed by atoms with Crippen LogP contribution in [0.5, 0.6) is 5.75 Å². The molecule has 1 unspecified atom stereocenters. The maximum Gasteiger partial charge on any atom is 0.335 e. The molecule has 0 radical (unpaired) electrons. The van der Waals surface area contributed by atoms with Crippen molar-refractivity contribution < 1.29 is 14.6 Å². The molecule has 1 aromatic carbocycles. The minimum absolute atomic E-state index is 0.273. The third-order valence-electron chi connectivity index (χ3n) is 3.81. The minimum atomic E-state index is -0.918. The molecule has 20 heavy (non-hydrogen) atoms. The summed E-state index contributed by atoms with van der Waals surface area (Å²) in [7, 11) is 2.17. The molecule has 0 saturated carbocycles. The molecular weight excluding hydrogens is 369 g/mol. The molecule has 1 aliphatic heterocycles. The van der Waals surface area contributed by atoms with Crippen molar-refractivity contribution in [3.63, 3.8) is 0 Å². The maximum atomic E-state index is 11.0. The van der Waals surface area contributed by atoms with Gasteiger partial charge in [0.15, 0.2) is 0 Å². The average Bonchev–Trinajstić information content (AvgIpc) is 2.42. The van der Waals surface area contributed by atoms with E-state index in [1.165, 1.54) is 19.3 Å². The molecule has 1 aromatic rings. The molecule has 1 heterocycles. The first-order valence-corrected chi connectivity index (χ1v) is 8.01. The summed E-state index contributed by atoms with van der Waals surface area (Å²) in [5.74, 6) is -0.248. The second-order valence-corrected chi connectivity index (χ2v) is 6.38. The summed E-state index contributed by atoms with van der Waals surface area (Å²) in [6.07, 6.45) is 4.80. The van der Waals surface area contributed by atoms with E-state index in [0.29, 0.717) is 18.4 Å². The topological polar surface area (TPSA) is 49.8 Å². The third kappa shape index (κ3) is 4.09. The standard InChI is InChI=1S/C15H20INO3/c1-17-8-3-2-4-12(17)7-9-20-14-10-11(15(18)19)5-6-13(14)16/h5-6,10,12H,2-4,7-9H2,1H3,(H,18,19). The first-order valence-electron chi connectivity index (χ1n) is 6.94. The van der Waals surface area contributed by atoms with Crippen LogP contribution >= 0.6 is 22.6 Å². The number of ether oxygens (including phenoxy) is 1. The Morgan fingerprint density at radius 2 is 2.30 bits per heavy atom. The molecule has 0 aromatic heterocycles. The van der Waals surface area contributed by atoms with E-state index in [1.54, 1.807) is 18.2 Å². The van der Waals surface area contributed by atoms with E-state index >= 15 is 0 Å². The number of carboxylic acid groups (broad SMARTS) is 1. The lowest BCUT2D eigenvalue weighted by Crippen LogP contribution is -2.37. The van der Waals surface area contributed by atoms with Gasteiger partial charge in [-0.25, -0.2) is 4.79 Å². The summed E-state index contributed by atoms with van der Waals surface area (Å²) in [5, 5.41) is 9.00. The fraction of sp³-hybridized carbons (Fsp3) is 0.533. The van der Waals surface area contributed by atoms with Gasteiger partial charge in [-0.2, -0.15) is 0 Å². The van der Waals surface area contributed by atoms with Crippen LogP contribution in [0.3, 0.4) is 0 Å². The van der Waals surface area contributed by atoms with E-state index in [-0.39, 0.29) is 5.56 Å². The largest absolute Gasteiger partial charge is 0.492 e. The molecule has 5 heteroatoms. The number of hydrogen-bond acceptors (Lipinski definition) is 3. The molecule has 0 spiro atoms. The second-order valence-electron chi connectivity index (χ2n) is 5.22. The number of benzene rings is 1. The fourth-order valence-electron chi connectivity index (χ4n) is 2.56. The molecule has 1 fully saturated rings. The number of halogens is 1. The molecule has 4 nitrogen and oxygen atoms in total. The summed E-state index contributed by atoms with van der Waals surface area (Å²) in [6.45, 7) is 1.80. The zero-order valence-corrected chi connectivity index (χ0v) is 13.8. The molecule has 110 valence electrons. The Balaban J connectivity index is 1.90. The number of hydrogen-bond donors (Lipinski definition) is 1. The van der Waals surface area contributed by atoms with Gasteiger partial charge in [-0.15, -0.1) is 0 Å². The van der Waals surface area contributed by atoms with Gasteiger partial charge in [-0.1, -0.05) is 6.42 Å². The van der Waals surface area contributed by atoms with Gasteiger partial charge in [0.1, 0.15) is 5.75 Å². The molecule has 1 aliphatic rings. The van der Waals surface area contributed by atoms with Crippen molar-refractivity contribution in [2.45, 2.75) is 31.7 Å². The zero-order chi connectivity index (χ0) is 14.5. The Bertz CT molecular complexity index is 478. The summed E-state index contributed by atoms with van der Waals surface area (Å²) in [5.41, 5.74) is 0.273. The Morgan fingerprint density at radius 3 is 3.00 bits per heavy atom. The van der Waals surface area contributed by atoms with Crippen molar-refractivity contribution in [2.75, 3.05) is 20.2 Å². The Kier molecular flexibility index (Phi) is 5.65. The normalized spacial score (nSPS) is 19.8. The van der Waals surface area contributed by atoms with Crippen LogP contribution < -0.4 is 4.74 Å². The molecule has 1 N–H and O–H groups in total. The van der Waals surface area contributed by atoms with Gasteiger partial charge >= 0.3 is 5.97 Å². The lowest BCUT2D eigenvalue weighted by atomic mass is 10.0. The quantitative estimate of drug-likeness (QED) is 0.786. The van der Waals surface area contributed by atoms with E-state index in [4.69, 9.17) is 9.84 Å². The first-order chi connectivity index (χ1) is 9.58. The number of likely N-dealkylation sites (tertiary alicyclic amines) is 1. The maximum absolute atomic E-state index is 11.0. The highest BCUT2D eigenvalue weighted by Crippen LogP contribution is 2.24. The molecule has 2 rings (SSSR count). The average molecular weight is 389 g/mol. The molecule has 1 saturated heterocycles. The van der Waals surface area contributed by atoms with Crippen LogP contribution in [0, 0.1) is 3.57 Å². The van der Waals surface area contributed by atoms with Crippen molar-refractivity contribution in [2.24, 2.45) is 0 Å². The highest BCUT2D eigenvalue weighted by Gasteiger charge is 2.18. The predicted octanol–water partition coefficient (Wildman–Crippen LogP) is 3.24. The van der Waals surface area contributed by atoms with E-state index in [0.717, 1.165) is 16.5 Å². The molecule has 0 aliphatic carbocycles. The summed E-state index contributed by atoms with van der Waals surface area (Å²) in [4.78, 5) is 13.4. The van der Waals surface area contributed by atoms with Crippen LogP contribution in [-0.2, 0) is 0 Å². The van der Waals surface area contributed by atoms with Gasteiger partial charge in [0.05, 0.1) is 15.7 Å². The fourth-order valence-corrected chi connectivity index (χ4v) is 3.05. The predicted molar refractivity (Wildman–Crippen MR) is 86.5 cm³/mol. The van der Waals surface area contributed by atoms with Gasteiger partial charge < -0.3 is 14.7 Å². The number of rotatable bonds is 5. The van der Waals surface area contributed by atoms with Crippen LogP contribution in [0.2, 0.25) is 0 Å². The van der Waals surface area contributed by atoms with Gasteiger partial charge in [-0.3, -0.25) is 0 Å². The SMILES string of the molecule is CN1CCCCC1CCOc1cc(C(=O)O)ccc1I. The second kappa shape index (κ2) is 7.26. The van der Waals surface area contributed by atoms with Crippen molar-refractivity contribution in [3.05, 3.63) is 27.3 Å². The number of carboxylic acids is 1. The summed E-state index contributed by atoms with van der Waals surface area (Å²) >= 11 is 2.17. The Hall–Kier alpha value is -0.820. The van der Waals surface area contributed by atoms with Crippen LogP contribution in [0.15, 0.2) is 18.2 Å². The highest BCUT2D eigenvalue weighted by molar-refractivity contribution is 14.1.